The van der Waals surface area contributed by atoms with Crippen molar-refractivity contribution in [3.05, 3.63) is 19.5 Å². The van der Waals surface area contributed by atoms with E-state index in [0.717, 1.165) is 17.4 Å². The summed E-state index contributed by atoms with van der Waals surface area (Å²) >= 11 is 1.02. The highest BCUT2D eigenvalue weighted by molar-refractivity contribution is 7.07. The summed E-state index contributed by atoms with van der Waals surface area (Å²) in [6, 6.07) is 0. The lowest BCUT2D eigenvalue weighted by atomic mass is 10.4. The summed E-state index contributed by atoms with van der Waals surface area (Å²) in [5.41, 5.74) is -0.144. The first-order valence-electron chi connectivity index (χ1n) is 3.69. The Hall–Kier alpha value is -1.69. The number of nitrogens with one attached hydrogen (secondary N) is 2. The second-order valence-electron chi connectivity index (χ2n) is 2.59. The molecule has 0 saturated carbocycles. The summed E-state index contributed by atoms with van der Waals surface area (Å²) in [7, 11) is 0. The number of aromatic nitrogens is 1. The lowest BCUT2D eigenvalue weighted by Crippen LogP contribution is -2.21. The fraction of sp³-hybridized carbons (Fsp3) is 0.125. The molecule has 0 amide bonds. The number of H-pyrrole nitrogens is 1. The molecule has 5 nitrogen and oxygen atoms in total. The van der Waals surface area contributed by atoms with Gasteiger partial charge in [0.2, 0.25) is 0 Å². The Morgan fingerprint density at radius 2 is 2.21 bits per heavy atom. The smallest absolute Gasteiger partial charge is 0.329 e. The van der Waals surface area contributed by atoms with E-state index < -0.39 is 11.5 Å². The van der Waals surface area contributed by atoms with Crippen molar-refractivity contribution in [3.63, 3.8) is 0 Å². The van der Waals surface area contributed by atoms with Gasteiger partial charge in [-0.25, -0.2) is 4.79 Å². The number of aliphatic carboxylic acids is 1. The maximum atomic E-state index is 11.1. The Balaban J connectivity index is 3.40. The first-order valence-corrected chi connectivity index (χ1v) is 4.51. The third-order valence-electron chi connectivity index (χ3n) is 1.28. The van der Waals surface area contributed by atoms with Gasteiger partial charge in [-0.05, 0) is 13.0 Å². The van der Waals surface area contributed by atoms with Gasteiger partial charge >= 0.3 is 5.97 Å². The van der Waals surface area contributed by atoms with Crippen molar-refractivity contribution in [1.29, 1.82) is 5.41 Å². The van der Waals surface area contributed by atoms with Crippen molar-refractivity contribution in [2.24, 2.45) is 0 Å². The van der Waals surface area contributed by atoms with E-state index in [9.17, 15) is 9.59 Å². The molecule has 0 aromatic carbocycles. The maximum absolute atomic E-state index is 11.1. The maximum Gasteiger partial charge on any atom is 0.329 e. The largest absolute Gasteiger partial charge is 0.478 e. The number of carboxylic acids is 1. The molecule has 14 heavy (non-hydrogen) atoms. The van der Waals surface area contributed by atoms with Crippen LogP contribution < -0.4 is 14.8 Å². The van der Waals surface area contributed by atoms with Crippen molar-refractivity contribution < 1.29 is 9.90 Å². The van der Waals surface area contributed by atoms with Gasteiger partial charge in [0.25, 0.3) is 5.56 Å². The molecule has 1 aromatic rings. The minimum Gasteiger partial charge on any atom is -0.478 e. The summed E-state index contributed by atoms with van der Waals surface area (Å²) in [5, 5.41) is 15.6. The topological polar surface area (TPSA) is 94.0 Å². The standard InChI is InChI=1S/C8H8N2O3S/c1-4(9)2-6-10-8(13)5(14-6)3-7(11)12/h2-3,9H,1H3,(H,10,13)(H,11,12)/b5-3+,6-2+,9-4?. The molecule has 1 rings (SSSR count). The molecule has 0 unspecified atom stereocenters. The van der Waals surface area contributed by atoms with E-state index in [-0.39, 0.29) is 4.53 Å². The summed E-state index contributed by atoms with van der Waals surface area (Å²) in [6.07, 6.45) is 2.31. The Labute approximate surface area is 82.5 Å². The molecule has 0 aliphatic rings. The minimum atomic E-state index is -1.16. The second kappa shape index (κ2) is 4.01. The zero-order valence-corrected chi connectivity index (χ0v) is 8.14. The van der Waals surface area contributed by atoms with Crippen LogP contribution in [0.2, 0.25) is 0 Å². The molecule has 6 heteroatoms. The molecule has 0 saturated heterocycles. The average Bonchev–Trinajstić information content (AvgIpc) is 2.28. The quantitative estimate of drug-likeness (QED) is 0.556. The van der Waals surface area contributed by atoms with Gasteiger partial charge in [-0.2, -0.15) is 0 Å². The molecule has 0 aliphatic heterocycles. The van der Waals surface area contributed by atoms with Crippen molar-refractivity contribution in [3.8, 4) is 0 Å². The fourth-order valence-electron chi connectivity index (χ4n) is 0.833. The Morgan fingerprint density at radius 3 is 2.71 bits per heavy atom. The molecular weight excluding hydrogens is 204 g/mol. The first-order chi connectivity index (χ1) is 6.49. The third-order valence-corrected chi connectivity index (χ3v) is 2.25. The molecule has 0 fully saturated rings. The normalized spacial score (nSPS) is 13.2. The highest BCUT2D eigenvalue weighted by atomic mass is 32.1. The lowest BCUT2D eigenvalue weighted by molar-refractivity contribution is -0.129. The van der Waals surface area contributed by atoms with Crippen molar-refractivity contribution in [2.45, 2.75) is 6.92 Å². The number of carbonyl (C=O) groups is 1. The third kappa shape index (κ3) is 2.67. The van der Waals surface area contributed by atoms with Crippen molar-refractivity contribution in [1.82, 2.24) is 4.98 Å². The summed E-state index contributed by atoms with van der Waals surface area (Å²) < 4.78 is 0.611. The van der Waals surface area contributed by atoms with Crippen LogP contribution in [0, 0.1) is 5.41 Å². The number of carboxylic acid groups (broad SMARTS) is 1. The van der Waals surface area contributed by atoms with Gasteiger partial charge in [-0.3, -0.25) is 4.79 Å². The molecule has 0 bridgehead atoms. The monoisotopic (exact) mass is 212 g/mol. The van der Waals surface area contributed by atoms with Crippen LogP contribution in [0.15, 0.2) is 4.79 Å². The van der Waals surface area contributed by atoms with Crippen LogP contribution in [-0.4, -0.2) is 21.8 Å². The van der Waals surface area contributed by atoms with E-state index in [1.165, 1.54) is 6.08 Å². The van der Waals surface area contributed by atoms with Gasteiger partial charge in [0.15, 0.2) is 0 Å². The first kappa shape index (κ1) is 10.4. The average molecular weight is 212 g/mol. The van der Waals surface area contributed by atoms with Crippen molar-refractivity contribution >= 4 is 35.2 Å². The Bertz CT molecular complexity index is 538. The van der Waals surface area contributed by atoms with Crippen LogP contribution in [0.4, 0.5) is 0 Å². The van der Waals surface area contributed by atoms with Crippen LogP contribution in [0.3, 0.4) is 0 Å². The number of rotatable bonds is 2. The van der Waals surface area contributed by atoms with E-state index >= 15 is 0 Å². The molecule has 0 aliphatic carbocycles. The van der Waals surface area contributed by atoms with E-state index in [0.29, 0.717) is 10.4 Å². The van der Waals surface area contributed by atoms with Crippen molar-refractivity contribution in [2.75, 3.05) is 0 Å². The van der Waals surface area contributed by atoms with Gasteiger partial charge in [0, 0.05) is 11.8 Å². The number of thiazole rings is 1. The van der Waals surface area contributed by atoms with Crippen LogP contribution in [-0.2, 0) is 4.79 Å². The molecule has 74 valence electrons. The lowest BCUT2D eigenvalue weighted by Gasteiger charge is -1.77. The molecule has 0 atom stereocenters. The van der Waals surface area contributed by atoms with Gasteiger partial charge in [-0.15, -0.1) is 11.3 Å². The minimum absolute atomic E-state index is 0.130. The number of hydrogen-bond donors (Lipinski definition) is 3. The Morgan fingerprint density at radius 1 is 1.57 bits per heavy atom. The zero-order chi connectivity index (χ0) is 10.7. The highest BCUT2D eigenvalue weighted by Gasteiger charge is 1.96. The predicted octanol–water partition coefficient (Wildman–Crippen LogP) is -0.878. The van der Waals surface area contributed by atoms with Gasteiger partial charge in [0.1, 0.15) is 4.53 Å². The Kier molecular flexibility index (Phi) is 2.98. The molecule has 3 N–H and O–H groups in total. The van der Waals surface area contributed by atoms with E-state index in [2.05, 4.69) is 4.98 Å². The van der Waals surface area contributed by atoms with Gasteiger partial charge < -0.3 is 15.5 Å². The van der Waals surface area contributed by atoms with E-state index in [4.69, 9.17) is 10.5 Å². The zero-order valence-electron chi connectivity index (χ0n) is 7.33. The summed E-state index contributed by atoms with van der Waals surface area (Å²) in [4.78, 5) is 23.9. The van der Waals surface area contributed by atoms with Crippen LogP contribution in [0.5, 0.6) is 0 Å². The van der Waals surface area contributed by atoms with E-state index in [1.807, 2.05) is 0 Å². The van der Waals surface area contributed by atoms with Crippen LogP contribution in [0.1, 0.15) is 6.92 Å². The summed E-state index contributed by atoms with van der Waals surface area (Å²) in [5.74, 6) is -1.16. The summed E-state index contributed by atoms with van der Waals surface area (Å²) in [6.45, 7) is 1.57. The van der Waals surface area contributed by atoms with E-state index in [1.54, 1.807) is 6.92 Å². The predicted molar refractivity (Wildman–Crippen MR) is 54.2 cm³/mol. The SMILES string of the molecule is CC(=N)/C=c1\[nH]c(=O)/c(=C\C(=O)O)s1. The number of aromatic amines is 1. The molecule has 0 spiro atoms. The second-order valence-corrected chi connectivity index (χ2v) is 3.68. The van der Waals surface area contributed by atoms with Crippen LogP contribution >= 0.6 is 11.3 Å². The molecule has 1 heterocycles. The van der Waals surface area contributed by atoms with Crippen LogP contribution in [0.25, 0.3) is 12.2 Å². The number of hydrogen-bond acceptors (Lipinski definition) is 4. The molecular formula is C8H8N2O3S. The highest BCUT2D eigenvalue weighted by Crippen LogP contribution is 1.74. The molecule has 1 aromatic heterocycles. The van der Waals surface area contributed by atoms with Gasteiger partial charge in [-0.1, -0.05) is 0 Å². The molecule has 0 radical (unpaired) electrons. The van der Waals surface area contributed by atoms with Gasteiger partial charge in [0.05, 0.1) is 4.66 Å². The fourth-order valence-corrected chi connectivity index (χ4v) is 1.75.